The number of halogens is 13. The first-order valence-corrected chi connectivity index (χ1v) is 12.0. The molecule has 1 aliphatic heterocycles. The van der Waals surface area contributed by atoms with Crippen LogP contribution in [0.15, 0.2) is 53.4 Å². The molecule has 1 aliphatic rings. The zero-order valence-corrected chi connectivity index (χ0v) is 20.0. The Labute approximate surface area is 212 Å². The molecule has 17 heteroatoms. The molecular weight excluding hydrogens is 589 g/mol. The highest BCUT2D eigenvalue weighted by molar-refractivity contribution is 7.92. The van der Waals surface area contributed by atoms with E-state index in [9.17, 15) is 65.5 Å². The van der Waals surface area contributed by atoms with Crippen LogP contribution in [0.25, 0.3) is 0 Å². The Kier molecular flexibility index (Phi) is 7.24. The molecule has 39 heavy (non-hydrogen) atoms. The summed E-state index contributed by atoms with van der Waals surface area (Å²) in [5, 5.41) is 0. The highest BCUT2D eigenvalue weighted by Gasteiger charge is 2.90. The first-order chi connectivity index (χ1) is 17.4. The highest BCUT2D eigenvalue weighted by Crippen LogP contribution is 2.61. The minimum atomic E-state index is -8.00. The van der Waals surface area contributed by atoms with Gasteiger partial charge in [0.1, 0.15) is 0 Å². The number of nitrogens with zero attached hydrogens (tertiary/aromatic N) is 1. The minimum Gasteiger partial charge on any atom is -0.265 e. The van der Waals surface area contributed by atoms with Crippen molar-refractivity contribution in [3.63, 3.8) is 0 Å². The van der Waals surface area contributed by atoms with Crippen LogP contribution in [0.3, 0.4) is 0 Å². The summed E-state index contributed by atoms with van der Waals surface area (Å²) in [6, 6.07) is 9.28. The van der Waals surface area contributed by atoms with Crippen LogP contribution in [0, 0.1) is 6.92 Å². The molecule has 0 fully saturated rings. The molecule has 1 atom stereocenters. The van der Waals surface area contributed by atoms with Gasteiger partial charge < -0.3 is 0 Å². The van der Waals surface area contributed by atoms with E-state index in [1.165, 1.54) is 18.2 Å². The van der Waals surface area contributed by atoms with Crippen molar-refractivity contribution in [3.8, 4) is 0 Å². The third-order valence-electron chi connectivity index (χ3n) is 6.14. The zero-order chi connectivity index (χ0) is 30.0. The van der Waals surface area contributed by atoms with E-state index in [1.807, 2.05) is 0 Å². The number of para-hydroxylation sites is 1. The summed E-state index contributed by atoms with van der Waals surface area (Å²) in [5.74, 6) is -39.6. The molecule has 218 valence electrons. The molecule has 3 nitrogen and oxygen atoms in total. The average molecular weight is 605 g/mol. The third-order valence-corrected chi connectivity index (χ3v) is 7.94. The Hall–Kier alpha value is -2.72. The average Bonchev–Trinajstić information content (AvgIpc) is 3.17. The van der Waals surface area contributed by atoms with Gasteiger partial charge in [0.2, 0.25) is 0 Å². The van der Waals surface area contributed by atoms with Gasteiger partial charge in [-0.05, 0) is 30.7 Å². The molecule has 1 unspecified atom stereocenters. The Morgan fingerprint density at radius 1 is 0.718 bits per heavy atom. The smallest absolute Gasteiger partial charge is 0.265 e. The fourth-order valence-corrected chi connectivity index (χ4v) is 5.47. The molecule has 0 amide bonds. The van der Waals surface area contributed by atoms with Crippen molar-refractivity contribution in [3.05, 3.63) is 59.7 Å². The van der Waals surface area contributed by atoms with Crippen LogP contribution in [0.5, 0.6) is 0 Å². The molecule has 0 bridgehead atoms. The van der Waals surface area contributed by atoms with Gasteiger partial charge in [0, 0.05) is 18.9 Å². The summed E-state index contributed by atoms with van der Waals surface area (Å²) in [7, 11) is -4.57. The molecule has 0 aliphatic carbocycles. The second kappa shape index (κ2) is 9.16. The number of sulfonamides is 1. The lowest BCUT2D eigenvalue weighted by atomic mass is 9.87. The first kappa shape index (κ1) is 30.8. The van der Waals surface area contributed by atoms with Gasteiger partial charge in [-0.3, -0.25) is 4.31 Å². The number of hydrogen-bond donors (Lipinski definition) is 0. The van der Waals surface area contributed by atoms with Crippen molar-refractivity contribution < 1.29 is 65.5 Å². The van der Waals surface area contributed by atoms with Gasteiger partial charge in [-0.25, -0.2) is 8.42 Å². The summed E-state index contributed by atoms with van der Waals surface area (Å²) in [6.45, 7) is 0.506. The minimum absolute atomic E-state index is 0.358. The molecule has 2 aromatic rings. The van der Waals surface area contributed by atoms with Crippen LogP contribution in [0.1, 0.15) is 23.5 Å². The predicted octanol–water partition coefficient (Wildman–Crippen LogP) is 7.42. The van der Waals surface area contributed by atoms with Crippen LogP contribution < -0.4 is 4.31 Å². The van der Waals surface area contributed by atoms with Gasteiger partial charge in [-0.2, -0.15) is 57.1 Å². The van der Waals surface area contributed by atoms with E-state index < -0.39 is 70.3 Å². The maximum atomic E-state index is 14.6. The third kappa shape index (κ3) is 4.59. The molecule has 0 aromatic heterocycles. The van der Waals surface area contributed by atoms with Crippen LogP contribution in [-0.2, 0) is 10.0 Å². The van der Waals surface area contributed by atoms with Crippen molar-refractivity contribution in [2.24, 2.45) is 0 Å². The number of rotatable bonds is 8. The van der Waals surface area contributed by atoms with E-state index >= 15 is 0 Å². The van der Waals surface area contributed by atoms with Gasteiger partial charge in [0.25, 0.3) is 10.0 Å². The standard InChI is InChI=1S/C22H16F13NO2S/c1-12-6-8-14(9-7-12)39(37,38)36-11-13(15-4-2-3-5-16(15)36)10-17(23,24)18(25,26)19(27,28)20(29,30)21(31,32)22(33,34)35/h2-9,13H,10-11H2,1H3. The number of alkyl halides is 13. The second-order valence-electron chi connectivity index (χ2n) is 8.81. The Balaban J connectivity index is 2.01. The zero-order valence-electron chi connectivity index (χ0n) is 19.2. The first-order valence-electron chi connectivity index (χ1n) is 10.6. The topological polar surface area (TPSA) is 37.4 Å². The lowest BCUT2D eigenvalue weighted by Crippen LogP contribution is -2.70. The summed E-state index contributed by atoms with van der Waals surface area (Å²) in [4.78, 5) is -0.388. The molecule has 0 saturated carbocycles. The SMILES string of the molecule is Cc1ccc(S(=O)(=O)N2CC(CC(F)(F)C(F)(F)C(F)(F)C(F)(F)C(F)(F)C(F)(F)F)c3ccccc32)cc1. The summed E-state index contributed by atoms with van der Waals surface area (Å²) in [6.07, 6.45) is -10.0. The van der Waals surface area contributed by atoms with Crippen molar-refractivity contribution in [1.29, 1.82) is 0 Å². The molecule has 1 heterocycles. The largest absolute Gasteiger partial charge is 0.460 e. The molecular formula is C22H16F13NO2S. The molecule has 0 saturated heterocycles. The Bertz CT molecular complexity index is 1320. The van der Waals surface area contributed by atoms with Crippen molar-refractivity contribution in [1.82, 2.24) is 0 Å². The monoisotopic (exact) mass is 605 g/mol. The summed E-state index contributed by atoms with van der Waals surface area (Å²) < 4.78 is 202. The maximum Gasteiger partial charge on any atom is 0.460 e. The maximum absolute atomic E-state index is 14.6. The van der Waals surface area contributed by atoms with Gasteiger partial charge in [0.15, 0.2) is 0 Å². The molecule has 2 aromatic carbocycles. The normalized spacial score (nSPS) is 17.9. The lowest BCUT2D eigenvalue weighted by molar-refractivity contribution is -0.440. The van der Waals surface area contributed by atoms with Crippen molar-refractivity contribution in [2.45, 2.75) is 59.9 Å². The van der Waals surface area contributed by atoms with Crippen LogP contribution in [0.4, 0.5) is 62.8 Å². The molecule has 0 radical (unpaired) electrons. The fraction of sp³-hybridized carbons (Fsp3) is 0.455. The van der Waals surface area contributed by atoms with Gasteiger partial charge in [-0.15, -0.1) is 0 Å². The van der Waals surface area contributed by atoms with E-state index in [4.69, 9.17) is 0 Å². The summed E-state index contributed by atoms with van der Waals surface area (Å²) >= 11 is 0. The van der Waals surface area contributed by atoms with E-state index in [2.05, 4.69) is 0 Å². The van der Waals surface area contributed by atoms with Crippen LogP contribution in [-0.4, -0.2) is 50.8 Å². The molecule has 3 rings (SSSR count). The highest BCUT2D eigenvalue weighted by atomic mass is 32.2. The predicted molar refractivity (Wildman–Crippen MR) is 110 cm³/mol. The van der Waals surface area contributed by atoms with Gasteiger partial charge in [0.05, 0.1) is 10.6 Å². The quantitative estimate of drug-likeness (QED) is 0.294. The molecule has 0 N–H and O–H groups in total. The second-order valence-corrected chi connectivity index (χ2v) is 10.7. The number of fused-ring (bicyclic) bond motifs is 1. The Morgan fingerprint density at radius 3 is 1.72 bits per heavy atom. The van der Waals surface area contributed by atoms with Crippen molar-refractivity contribution in [2.75, 3.05) is 10.8 Å². The van der Waals surface area contributed by atoms with Gasteiger partial charge >= 0.3 is 35.8 Å². The number of hydrogen-bond acceptors (Lipinski definition) is 2. The fourth-order valence-electron chi connectivity index (χ4n) is 3.94. The number of aryl methyl sites for hydroxylation is 1. The van der Waals surface area contributed by atoms with Gasteiger partial charge in [-0.1, -0.05) is 35.9 Å². The summed E-state index contributed by atoms with van der Waals surface area (Å²) in [5.41, 5.74) is -0.174. The Morgan fingerprint density at radius 2 is 1.21 bits per heavy atom. The van der Waals surface area contributed by atoms with Crippen molar-refractivity contribution >= 4 is 15.7 Å². The van der Waals surface area contributed by atoms with Crippen LogP contribution in [0.2, 0.25) is 0 Å². The van der Waals surface area contributed by atoms with E-state index in [-0.39, 0.29) is 10.6 Å². The van der Waals surface area contributed by atoms with E-state index in [1.54, 1.807) is 6.92 Å². The van der Waals surface area contributed by atoms with E-state index in [0.717, 1.165) is 30.3 Å². The number of anilines is 1. The lowest BCUT2D eigenvalue weighted by Gasteiger charge is -2.40. The van der Waals surface area contributed by atoms with Crippen LogP contribution >= 0.6 is 0 Å². The van der Waals surface area contributed by atoms with E-state index in [0.29, 0.717) is 9.87 Å². The molecule has 0 spiro atoms. The number of benzene rings is 2.